The van der Waals surface area contributed by atoms with Gasteiger partial charge in [0.05, 0.1) is 52.5 Å². The van der Waals surface area contributed by atoms with E-state index in [-0.39, 0.29) is 22.2 Å². The number of halogens is 1. The predicted octanol–water partition coefficient (Wildman–Crippen LogP) is 7.45. The molecule has 4 atom stereocenters. The minimum atomic E-state index is -1.67. The number of imide groups is 1. The van der Waals surface area contributed by atoms with Crippen LogP contribution in [-0.4, -0.2) is 36.7 Å². The van der Waals surface area contributed by atoms with Crippen LogP contribution in [0.2, 0.25) is 5.02 Å². The zero-order valence-electron chi connectivity index (χ0n) is 27.4. The molecule has 2 bridgehead atoms. The van der Waals surface area contributed by atoms with E-state index in [9.17, 15) is 10.1 Å². The molecule has 0 N–H and O–H groups in total. The van der Waals surface area contributed by atoms with Crippen molar-refractivity contribution in [1.29, 1.82) is 0 Å². The van der Waals surface area contributed by atoms with Gasteiger partial charge in [0.1, 0.15) is 11.5 Å². The van der Waals surface area contributed by atoms with Crippen LogP contribution < -0.4 is 14.4 Å². The highest BCUT2D eigenvalue weighted by Crippen LogP contribution is 2.74. The van der Waals surface area contributed by atoms with Gasteiger partial charge in [-0.25, -0.2) is 4.90 Å². The van der Waals surface area contributed by atoms with Crippen LogP contribution in [0.5, 0.6) is 11.5 Å². The molecule has 4 unspecified atom stereocenters. The molecule has 2 aliphatic carbocycles. The molecule has 1 aliphatic heterocycles. The molecule has 51 heavy (non-hydrogen) atoms. The molecule has 3 aliphatic rings. The summed E-state index contributed by atoms with van der Waals surface area (Å²) >= 11 is 6.63. The van der Waals surface area contributed by atoms with E-state index in [1.807, 2.05) is 84.9 Å². The number of anilines is 1. The number of rotatable bonds is 8. The van der Waals surface area contributed by atoms with Gasteiger partial charge in [-0.1, -0.05) is 96.5 Å². The second-order valence-electron chi connectivity index (χ2n) is 12.7. The Morgan fingerprint density at radius 3 is 1.47 bits per heavy atom. The number of methoxy groups -OCH3 is 2. The number of ether oxygens (including phenoxy) is 2. The van der Waals surface area contributed by atoms with Gasteiger partial charge in [0.2, 0.25) is 11.8 Å². The van der Waals surface area contributed by atoms with Crippen LogP contribution in [-0.2, 0) is 25.2 Å². The predicted molar refractivity (Wildman–Crippen MR) is 192 cm³/mol. The molecule has 0 radical (unpaired) electrons. The number of nitro benzene ring substituents is 1. The SMILES string of the molecule is COc1ccc(C2=C(c3ccc(OC)cc3)C3(c4ccccc4)C(=O)C2(c2ccccc2)C2C(=O)N(c4cc([N+](=O)[O-])ccc4Cl)C(=O)C23)cc1. The first kappa shape index (κ1) is 32.2. The topological polar surface area (TPSA) is 116 Å². The van der Waals surface area contributed by atoms with E-state index in [4.69, 9.17) is 21.1 Å². The van der Waals surface area contributed by atoms with Crippen molar-refractivity contribution >= 4 is 51.7 Å². The van der Waals surface area contributed by atoms with Crippen LogP contribution >= 0.6 is 11.6 Å². The first-order chi connectivity index (χ1) is 24.7. The van der Waals surface area contributed by atoms with Gasteiger partial charge in [0, 0.05) is 12.1 Å². The van der Waals surface area contributed by atoms with Crippen molar-refractivity contribution < 1.29 is 28.8 Å². The number of ketones is 1. The standard InChI is InChI=1S/C41H29ClN2O7/c1-50-29-18-13-24(14-19-29)33-34(25-15-20-30(51-2)21-16-25)41(27-11-7-4-8-12-27)36-35(40(33,39(41)47)26-9-5-3-6-10-26)37(45)43(38(36)46)32-23-28(44(48)49)17-22-31(32)42/h3-23,35-36H,1-2H3. The van der Waals surface area contributed by atoms with E-state index >= 15 is 14.4 Å². The number of nitro groups is 1. The molecule has 8 rings (SSSR count). The van der Waals surface area contributed by atoms with Gasteiger partial charge in [0.15, 0.2) is 5.78 Å². The van der Waals surface area contributed by atoms with Gasteiger partial charge in [-0.2, -0.15) is 0 Å². The van der Waals surface area contributed by atoms with E-state index in [1.165, 1.54) is 12.1 Å². The summed E-state index contributed by atoms with van der Waals surface area (Å²) in [5.74, 6) is -2.88. The lowest BCUT2D eigenvalue weighted by Gasteiger charge is -2.39. The van der Waals surface area contributed by atoms with E-state index in [0.29, 0.717) is 44.9 Å². The number of allylic oxidation sites excluding steroid dienone is 2. The Morgan fingerprint density at radius 1 is 0.647 bits per heavy atom. The molecule has 1 heterocycles. The van der Waals surface area contributed by atoms with E-state index in [0.717, 1.165) is 11.0 Å². The van der Waals surface area contributed by atoms with E-state index < -0.39 is 39.4 Å². The Labute approximate surface area is 297 Å². The Balaban J connectivity index is 1.53. The van der Waals surface area contributed by atoms with Crippen LogP contribution in [0.25, 0.3) is 11.1 Å². The molecule has 5 aromatic rings. The number of carbonyl (C=O) groups is 3. The van der Waals surface area contributed by atoms with Crippen LogP contribution in [0.1, 0.15) is 22.3 Å². The summed E-state index contributed by atoms with van der Waals surface area (Å²) in [4.78, 5) is 58.6. The molecule has 1 saturated heterocycles. The number of fused-ring (bicyclic) bond motifs is 5. The van der Waals surface area contributed by atoms with Crippen molar-refractivity contribution in [2.24, 2.45) is 11.8 Å². The van der Waals surface area contributed by atoms with E-state index in [1.54, 1.807) is 38.5 Å². The normalized spacial score (nSPS) is 23.5. The van der Waals surface area contributed by atoms with Crippen molar-refractivity contribution in [2.75, 3.05) is 19.1 Å². The lowest BCUT2D eigenvalue weighted by atomic mass is 9.59. The summed E-state index contributed by atoms with van der Waals surface area (Å²) in [6.07, 6.45) is 0. The molecule has 252 valence electrons. The summed E-state index contributed by atoms with van der Waals surface area (Å²) in [7, 11) is 3.13. The molecule has 9 nitrogen and oxygen atoms in total. The molecule has 1 saturated carbocycles. The highest BCUT2D eigenvalue weighted by molar-refractivity contribution is 6.41. The van der Waals surface area contributed by atoms with Crippen molar-refractivity contribution in [3.05, 3.63) is 165 Å². The van der Waals surface area contributed by atoms with Crippen LogP contribution in [0, 0.1) is 22.0 Å². The minimum Gasteiger partial charge on any atom is -0.497 e. The summed E-state index contributed by atoms with van der Waals surface area (Å²) < 4.78 is 11.0. The number of non-ortho nitro benzene ring substituents is 1. The zero-order chi connectivity index (χ0) is 35.7. The fraction of sp³-hybridized carbons (Fsp3) is 0.146. The third-order valence-electron chi connectivity index (χ3n) is 10.6. The maximum absolute atomic E-state index is 16.1. The fourth-order valence-electron chi connectivity index (χ4n) is 8.66. The lowest BCUT2D eigenvalue weighted by Crippen LogP contribution is -2.45. The summed E-state index contributed by atoms with van der Waals surface area (Å²) in [6, 6.07) is 36.4. The number of benzene rings is 5. The van der Waals surface area contributed by atoms with Crippen LogP contribution in [0.15, 0.2) is 127 Å². The van der Waals surface area contributed by atoms with E-state index in [2.05, 4.69) is 0 Å². The van der Waals surface area contributed by atoms with Crippen molar-refractivity contribution in [1.82, 2.24) is 0 Å². The van der Waals surface area contributed by atoms with Gasteiger partial charge in [0.25, 0.3) is 5.69 Å². The maximum Gasteiger partial charge on any atom is 0.271 e. The highest BCUT2D eigenvalue weighted by Gasteiger charge is 2.82. The molecule has 10 heteroatoms. The molecule has 0 spiro atoms. The molecule has 5 aromatic carbocycles. The van der Waals surface area contributed by atoms with Gasteiger partial charge in [-0.05, 0) is 63.7 Å². The number of amides is 2. The second-order valence-corrected chi connectivity index (χ2v) is 13.2. The molecule has 2 fully saturated rings. The maximum atomic E-state index is 16.1. The molecular weight excluding hydrogens is 668 g/mol. The number of Topliss-reactive ketones (excluding diaryl/α,β-unsaturated/α-hetero) is 1. The van der Waals surface area contributed by atoms with Crippen LogP contribution in [0.3, 0.4) is 0 Å². The lowest BCUT2D eigenvalue weighted by molar-refractivity contribution is -0.384. The average molecular weight is 697 g/mol. The summed E-state index contributed by atoms with van der Waals surface area (Å²) in [5, 5.41) is 11.9. The molecule has 0 aromatic heterocycles. The summed E-state index contributed by atoms with van der Waals surface area (Å²) in [6.45, 7) is 0. The highest BCUT2D eigenvalue weighted by atomic mass is 35.5. The Bertz CT molecular complexity index is 2160. The number of hydrogen-bond acceptors (Lipinski definition) is 7. The van der Waals surface area contributed by atoms with Gasteiger partial charge < -0.3 is 9.47 Å². The Morgan fingerprint density at radius 2 is 1.08 bits per heavy atom. The second kappa shape index (κ2) is 11.8. The van der Waals surface area contributed by atoms with Crippen molar-refractivity contribution in [2.45, 2.75) is 10.8 Å². The van der Waals surface area contributed by atoms with Crippen LogP contribution in [0.4, 0.5) is 11.4 Å². The first-order valence-electron chi connectivity index (χ1n) is 16.2. The largest absolute Gasteiger partial charge is 0.497 e. The van der Waals surface area contributed by atoms with Crippen molar-refractivity contribution in [3.8, 4) is 11.5 Å². The Hall–Kier alpha value is -6.06. The number of nitrogens with zero attached hydrogens (tertiary/aromatic N) is 2. The monoisotopic (exact) mass is 696 g/mol. The summed E-state index contributed by atoms with van der Waals surface area (Å²) in [5.41, 5.74) is -0.168. The third-order valence-corrected chi connectivity index (χ3v) is 10.9. The average Bonchev–Trinajstić information content (AvgIpc) is 3.67. The zero-order valence-corrected chi connectivity index (χ0v) is 28.2. The fourth-order valence-corrected chi connectivity index (χ4v) is 8.87. The van der Waals surface area contributed by atoms with Crippen molar-refractivity contribution in [3.63, 3.8) is 0 Å². The smallest absolute Gasteiger partial charge is 0.271 e. The number of hydrogen-bond donors (Lipinski definition) is 0. The first-order valence-corrected chi connectivity index (χ1v) is 16.6. The minimum absolute atomic E-state index is 0.0119. The Kier molecular flexibility index (Phi) is 7.43. The molecular formula is C41H29ClN2O7. The third kappa shape index (κ3) is 4.24. The van der Waals surface area contributed by atoms with Gasteiger partial charge >= 0.3 is 0 Å². The van der Waals surface area contributed by atoms with Gasteiger partial charge in [-0.15, -0.1) is 0 Å². The van der Waals surface area contributed by atoms with Gasteiger partial charge in [-0.3, -0.25) is 24.5 Å². The molecule has 2 amide bonds. The quantitative estimate of drug-likeness (QED) is 0.0940. The number of carbonyl (C=O) groups excluding carboxylic acids is 3.